The van der Waals surface area contributed by atoms with E-state index in [2.05, 4.69) is 10.4 Å². The van der Waals surface area contributed by atoms with E-state index in [1.165, 1.54) is 25.3 Å². The highest BCUT2D eigenvalue weighted by molar-refractivity contribution is 5.92. The van der Waals surface area contributed by atoms with Gasteiger partial charge >= 0.3 is 5.82 Å². The number of methoxy groups -OCH3 is 1. The third kappa shape index (κ3) is 3.63. The van der Waals surface area contributed by atoms with Gasteiger partial charge in [-0.15, -0.1) is 4.68 Å². The van der Waals surface area contributed by atoms with Gasteiger partial charge in [0.1, 0.15) is 5.75 Å². The number of ether oxygens (including phenoxy) is 1. The number of non-ortho nitro benzene ring substituents is 1. The lowest BCUT2D eigenvalue weighted by molar-refractivity contribution is -0.392. The number of hydrogen-bond acceptors (Lipinski definition) is 7. The molecule has 1 aromatic heterocycles. The van der Waals surface area contributed by atoms with E-state index in [0.29, 0.717) is 5.69 Å². The summed E-state index contributed by atoms with van der Waals surface area (Å²) in [6.07, 6.45) is 0. The van der Waals surface area contributed by atoms with Gasteiger partial charge < -0.3 is 20.2 Å². The molecule has 2 rings (SSSR count). The quantitative estimate of drug-likeness (QED) is 0.624. The maximum absolute atomic E-state index is 12.1. The minimum Gasteiger partial charge on any atom is -0.494 e. The summed E-state index contributed by atoms with van der Waals surface area (Å²) in [4.78, 5) is 32.5. The maximum Gasteiger partial charge on any atom is 0.345 e. The van der Waals surface area contributed by atoms with Gasteiger partial charge in [0.2, 0.25) is 0 Å². The number of carbonyl (C=O) groups is 1. The van der Waals surface area contributed by atoms with Crippen molar-refractivity contribution < 1.29 is 19.4 Å². The van der Waals surface area contributed by atoms with Crippen LogP contribution in [0.5, 0.6) is 5.75 Å². The van der Waals surface area contributed by atoms with Crippen molar-refractivity contribution in [2.75, 3.05) is 12.4 Å². The Labute approximate surface area is 135 Å². The number of nitro benzene ring substituents is 1. The van der Waals surface area contributed by atoms with Crippen molar-refractivity contribution in [3.63, 3.8) is 0 Å². The molecule has 1 aromatic carbocycles. The molecule has 2 aromatic rings. The SMILES string of the molecule is COc1cc([N+](=O)[O-])ccc1NC(=O)Cn1nc(C)cc1[N+](=O)[O-]. The molecule has 0 spiro atoms. The number of amides is 1. The summed E-state index contributed by atoms with van der Waals surface area (Å²) < 4.78 is 5.96. The Morgan fingerprint density at radius 2 is 2.00 bits per heavy atom. The van der Waals surface area contributed by atoms with E-state index < -0.39 is 15.8 Å². The monoisotopic (exact) mass is 335 g/mol. The lowest BCUT2D eigenvalue weighted by Gasteiger charge is -2.09. The van der Waals surface area contributed by atoms with Gasteiger partial charge in [-0.2, -0.15) is 0 Å². The molecule has 11 nitrogen and oxygen atoms in total. The van der Waals surface area contributed by atoms with Crippen molar-refractivity contribution in [1.29, 1.82) is 0 Å². The van der Waals surface area contributed by atoms with Crippen molar-refractivity contribution in [3.8, 4) is 5.75 Å². The number of aromatic nitrogens is 2. The van der Waals surface area contributed by atoms with E-state index in [0.717, 1.165) is 10.7 Å². The first kappa shape index (κ1) is 16.9. The van der Waals surface area contributed by atoms with Gasteiger partial charge in [0.25, 0.3) is 11.6 Å². The Morgan fingerprint density at radius 1 is 1.29 bits per heavy atom. The molecule has 0 saturated heterocycles. The maximum atomic E-state index is 12.1. The van der Waals surface area contributed by atoms with Crippen molar-refractivity contribution in [3.05, 3.63) is 50.2 Å². The first-order chi connectivity index (χ1) is 11.3. The number of nitrogens with one attached hydrogen (secondary N) is 1. The van der Waals surface area contributed by atoms with E-state index >= 15 is 0 Å². The van der Waals surface area contributed by atoms with Crippen LogP contribution in [0.25, 0.3) is 0 Å². The zero-order chi connectivity index (χ0) is 17.9. The molecule has 11 heteroatoms. The van der Waals surface area contributed by atoms with E-state index in [1.54, 1.807) is 6.92 Å². The molecule has 0 radical (unpaired) electrons. The minimum absolute atomic E-state index is 0.101. The standard InChI is InChI=1S/C13H13N5O6/c1-8-5-13(18(22)23)16(15-8)7-12(19)14-10-4-3-9(17(20)21)6-11(10)24-2/h3-6H,7H2,1-2H3,(H,14,19). The van der Waals surface area contributed by atoms with Crippen LogP contribution in [0.1, 0.15) is 5.69 Å². The van der Waals surface area contributed by atoms with Crippen LogP contribution in [0.15, 0.2) is 24.3 Å². The summed E-state index contributed by atoms with van der Waals surface area (Å²) in [5.41, 5.74) is 0.422. The molecule has 1 amide bonds. The summed E-state index contributed by atoms with van der Waals surface area (Å²) >= 11 is 0. The average molecular weight is 335 g/mol. The predicted octanol–water partition coefficient (Wildman–Crippen LogP) is 1.66. The Hall–Kier alpha value is -3.50. The number of hydrogen-bond donors (Lipinski definition) is 1. The molecule has 126 valence electrons. The van der Waals surface area contributed by atoms with Gasteiger partial charge in [-0.25, -0.2) is 0 Å². The van der Waals surface area contributed by atoms with Crippen LogP contribution in [0.3, 0.4) is 0 Å². The predicted molar refractivity (Wildman–Crippen MR) is 81.9 cm³/mol. The number of anilines is 1. The molecule has 0 saturated carbocycles. The lowest BCUT2D eigenvalue weighted by Crippen LogP contribution is -2.20. The van der Waals surface area contributed by atoms with Crippen LogP contribution >= 0.6 is 0 Å². The lowest BCUT2D eigenvalue weighted by atomic mass is 10.2. The van der Waals surface area contributed by atoms with Crippen LogP contribution in [-0.4, -0.2) is 32.6 Å². The molecular weight excluding hydrogens is 322 g/mol. The smallest absolute Gasteiger partial charge is 0.345 e. The first-order valence-corrected chi connectivity index (χ1v) is 6.63. The Balaban J connectivity index is 2.18. The van der Waals surface area contributed by atoms with E-state index in [4.69, 9.17) is 4.74 Å². The second-order valence-electron chi connectivity index (χ2n) is 4.75. The molecule has 0 aliphatic heterocycles. The summed E-state index contributed by atoms with van der Waals surface area (Å²) in [5.74, 6) is -0.796. The normalized spacial score (nSPS) is 10.2. The van der Waals surface area contributed by atoms with E-state index in [-0.39, 0.29) is 29.5 Å². The average Bonchev–Trinajstić information content (AvgIpc) is 2.88. The van der Waals surface area contributed by atoms with Crippen LogP contribution in [0.4, 0.5) is 17.2 Å². The highest BCUT2D eigenvalue weighted by Gasteiger charge is 2.20. The number of nitro groups is 2. The molecule has 0 fully saturated rings. The van der Waals surface area contributed by atoms with Crippen molar-refractivity contribution >= 4 is 23.1 Å². The summed E-state index contributed by atoms with van der Waals surface area (Å²) in [6, 6.07) is 4.94. The van der Waals surface area contributed by atoms with Gasteiger partial charge in [0, 0.05) is 6.07 Å². The fourth-order valence-electron chi connectivity index (χ4n) is 2.02. The zero-order valence-electron chi connectivity index (χ0n) is 12.8. The molecule has 0 aliphatic rings. The molecule has 1 N–H and O–H groups in total. The van der Waals surface area contributed by atoms with Gasteiger partial charge in [-0.1, -0.05) is 5.10 Å². The number of carbonyl (C=O) groups excluding carboxylic acids is 1. The number of aryl methyl sites for hydroxylation is 1. The molecule has 24 heavy (non-hydrogen) atoms. The van der Waals surface area contributed by atoms with Gasteiger partial charge in [0.05, 0.1) is 35.5 Å². The molecule has 1 heterocycles. The van der Waals surface area contributed by atoms with Crippen LogP contribution in [0, 0.1) is 27.2 Å². The van der Waals surface area contributed by atoms with E-state index in [9.17, 15) is 25.0 Å². The van der Waals surface area contributed by atoms with Gasteiger partial charge in [-0.3, -0.25) is 14.9 Å². The topological polar surface area (TPSA) is 142 Å². The largest absolute Gasteiger partial charge is 0.494 e. The Bertz CT molecular complexity index is 815. The van der Waals surface area contributed by atoms with Crippen molar-refractivity contribution in [2.45, 2.75) is 13.5 Å². The molecule has 0 bridgehead atoms. The fraction of sp³-hybridized carbons (Fsp3) is 0.231. The molecule has 0 aliphatic carbocycles. The highest BCUT2D eigenvalue weighted by atomic mass is 16.6. The third-order valence-corrected chi connectivity index (χ3v) is 3.03. The molecule has 0 atom stereocenters. The van der Waals surface area contributed by atoms with Crippen LogP contribution < -0.4 is 10.1 Å². The van der Waals surface area contributed by atoms with Crippen molar-refractivity contribution in [2.24, 2.45) is 0 Å². The number of nitrogens with zero attached hydrogens (tertiary/aromatic N) is 4. The number of benzene rings is 1. The van der Waals surface area contributed by atoms with Crippen LogP contribution in [0.2, 0.25) is 0 Å². The second kappa shape index (κ2) is 6.73. The molecule has 0 unspecified atom stereocenters. The third-order valence-electron chi connectivity index (χ3n) is 3.03. The van der Waals surface area contributed by atoms with Crippen molar-refractivity contribution in [1.82, 2.24) is 9.78 Å². The van der Waals surface area contributed by atoms with Gasteiger partial charge in [-0.05, 0) is 17.9 Å². The highest BCUT2D eigenvalue weighted by Crippen LogP contribution is 2.29. The summed E-state index contributed by atoms with van der Waals surface area (Å²) in [5, 5.41) is 28.0. The number of rotatable bonds is 6. The summed E-state index contributed by atoms with van der Waals surface area (Å²) in [6.45, 7) is 1.19. The van der Waals surface area contributed by atoms with Crippen LogP contribution in [-0.2, 0) is 11.3 Å². The fourth-order valence-corrected chi connectivity index (χ4v) is 2.02. The minimum atomic E-state index is -0.639. The Kier molecular flexibility index (Phi) is 4.73. The zero-order valence-corrected chi connectivity index (χ0v) is 12.8. The molecular formula is C13H13N5O6. The Morgan fingerprint density at radius 3 is 2.58 bits per heavy atom. The summed E-state index contributed by atoms with van der Waals surface area (Å²) in [7, 11) is 1.30. The van der Waals surface area contributed by atoms with E-state index in [1.807, 2.05) is 0 Å². The van der Waals surface area contributed by atoms with Gasteiger partial charge in [0.15, 0.2) is 6.54 Å². The first-order valence-electron chi connectivity index (χ1n) is 6.63. The second-order valence-corrected chi connectivity index (χ2v) is 4.75.